The topological polar surface area (TPSA) is 94.1 Å². The zero-order valence-electron chi connectivity index (χ0n) is 11.0. The minimum Gasteiger partial charge on any atom is -0.388 e. The van der Waals surface area contributed by atoms with Gasteiger partial charge in [0.2, 0.25) is 0 Å². The fourth-order valence-electron chi connectivity index (χ4n) is 2.41. The Balaban J connectivity index is 2.24. The maximum absolute atomic E-state index is 11.2. The Morgan fingerprint density at radius 2 is 2.20 bits per heavy atom. The van der Waals surface area contributed by atoms with E-state index < -0.39 is 4.92 Å². The second-order valence-electron chi connectivity index (χ2n) is 4.93. The summed E-state index contributed by atoms with van der Waals surface area (Å²) in [6.45, 7) is 1.59. The first-order valence-corrected chi connectivity index (χ1v) is 6.42. The van der Waals surface area contributed by atoms with E-state index in [2.05, 4.69) is 10.2 Å². The highest BCUT2D eigenvalue weighted by molar-refractivity contribution is 5.72. The van der Waals surface area contributed by atoms with Crippen molar-refractivity contribution in [3.05, 3.63) is 39.7 Å². The second-order valence-corrected chi connectivity index (χ2v) is 4.93. The molecule has 0 amide bonds. The number of nitro benzene ring substituents is 1. The lowest BCUT2D eigenvalue weighted by atomic mass is 10.1. The SMILES string of the molecule is Cc1cccc([N+](=O)[O-])c1-c1nnc(CO)n1C1CC1. The number of aromatic nitrogens is 3. The lowest BCUT2D eigenvalue weighted by Crippen LogP contribution is -2.05. The fourth-order valence-corrected chi connectivity index (χ4v) is 2.41. The molecule has 7 nitrogen and oxygen atoms in total. The lowest BCUT2D eigenvalue weighted by molar-refractivity contribution is -0.384. The van der Waals surface area contributed by atoms with Crippen LogP contribution < -0.4 is 0 Å². The summed E-state index contributed by atoms with van der Waals surface area (Å²) < 4.78 is 1.83. The third-order valence-corrected chi connectivity index (χ3v) is 3.49. The van der Waals surface area contributed by atoms with Crippen LogP contribution in [0, 0.1) is 17.0 Å². The van der Waals surface area contributed by atoms with E-state index in [1.54, 1.807) is 6.07 Å². The van der Waals surface area contributed by atoms with E-state index in [-0.39, 0.29) is 18.3 Å². The molecule has 0 unspecified atom stereocenters. The van der Waals surface area contributed by atoms with E-state index in [1.807, 2.05) is 17.6 Å². The van der Waals surface area contributed by atoms with Crippen LogP contribution >= 0.6 is 0 Å². The summed E-state index contributed by atoms with van der Waals surface area (Å²) >= 11 is 0. The number of benzene rings is 1. The number of aliphatic hydroxyl groups excluding tert-OH is 1. The summed E-state index contributed by atoms with van der Waals surface area (Å²) in [5.41, 5.74) is 1.28. The van der Waals surface area contributed by atoms with Gasteiger partial charge >= 0.3 is 0 Å². The minimum atomic E-state index is -0.410. The third-order valence-electron chi connectivity index (χ3n) is 3.49. The summed E-state index contributed by atoms with van der Waals surface area (Å²) in [6, 6.07) is 5.17. The van der Waals surface area contributed by atoms with Crippen molar-refractivity contribution in [1.29, 1.82) is 0 Å². The van der Waals surface area contributed by atoms with Gasteiger partial charge in [-0.1, -0.05) is 12.1 Å². The van der Waals surface area contributed by atoms with Crippen LogP contribution in [0.5, 0.6) is 0 Å². The number of aryl methyl sites for hydroxylation is 1. The van der Waals surface area contributed by atoms with Gasteiger partial charge in [-0.2, -0.15) is 0 Å². The van der Waals surface area contributed by atoms with E-state index in [4.69, 9.17) is 0 Å². The molecule has 7 heteroatoms. The van der Waals surface area contributed by atoms with E-state index in [0.29, 0.717) is 17.2 Å². The Hall–Kier alpha value is -2.28. The number of hydrogen-bond acceptors (Lipinski definition) is 5. The zero-order valence-corrected chi connectivity index (χ0v) is 11.0. The van der Waals surface area contributed by atoms with Crippen LogP contribution in [0.3, 0.4) is 0 Å². The summed E-state index contributed by atoms with van der Waals surface area (Å²) in [5.74, 6) is 0.932. The summed E-state index contributed by atoms with van der Waals surface area (Å²) in [4.78, 5) is 10.8. The normalized spacial score (nSPS) is 14.5. The van der Waals surface area contributed by atoms with Crippen LogP contribution in [0.1, 0.15) is 30.3 Å². The van der Waals surface area contributed by atoms with Crippen LogP contribution in [0.15, 0.2) is 18.2 Å². The third kappa shape index (κ3) is 1.96. The number of nitro groups is 1. The van der Waals surface area contributed by atoms with Gasteiger partial charge in [-0.05, 0) is 25.3 Å². The predicted molar refractivity (Wildman–Crippen MR) is 71.0 cm³/mol. The molecule has 3 rings (SSSR count). The first-order chi connectivity index (χ1) is 9.63. The van der Waals surface area contributed by atoms with Crippen molar-refractivity contribution in [3.63, 3.8) is 0 Å². The number of nitrogens with zero attached hydrogens (tertiary/aromatic N) is 4. The molecule has 0 radical (unpaired) electrons. The van der Waals surface area contributed by atoms with E-state index in [9.17, 15) is 15.2 Å². The van der Waals surface area contributed by atoms with Crippen LogP contribution in [0.4, 0.5) is 5.69 Å². The largest absolute Gasteiger partial charge is 0.388 e. The Kier molecular flexibility index (Phi) is 2.98. The number of rotatable bonds is 4. The van der Waals surface area contributed by atoms with Crippen LogP contribution in [-0.4, -0.2) is 24.8 Å². The van der Waals surface area contributed by atoms with Gasteiger partial charge in [0.15, 0.2) is 11.6 Å². The van der Waals surface area contributed by atoms with Gasteiger partial charge in [0.1, 0.15) is 6.61 Å². The van der Waals surface area contributed by atoms with E-state index in [1.165, 1.54) is 6.07 Å². The van der Waals surface area contributed by atoms with Crippen molar-refractivity contribution in [3.8, 4) is 11.4 Å². The Morgan fingerprint density at radius 1 is 1.45 bits per heavy atom. The van der Waals surface area contributed by atoms with Crippen LogP contribution in [0.25, 0.3) is 11.4 Å². The van der Waals surface area contributed by atoms with Crippen LogP contribution in [-0.2, 0) is 6.61 Å². The highest BCUT2D eigenvalue weighted by atomic mass is 16.6. The Bertz CT molecular complexity index is 676. The van der Waals surface area contributed by atoms with Gasteiger partial charge < -0.3 is 9.67 Å². The molecular weight excluding hydrogens is 260 g/mol. The monoisotopic (exact) mass is 274 g/mol. The molecule has 0 saturated heterocycles. The zero-order chi connectivity index (χ0) is 14.3. The standard InChI is InChI=1S/C13H14N4O3/c1-8-3-2-4-10(17(19)20)12(8)13-15-14-11(7-18)16(13)9-5-6-9/h2-4,9,18H,5-7H2,1H3. The van der Waals surface area contributed by atoms with Crippen LogP contribution in [0.2, 0.25) is 0 Å². The minimum absolute atomic E-state index is 0.0174. The van der Waals surface area contributed by atoms with Gasteiger partial charge in [-0.25, -0.2) is 0 Å². The summed E-state index contributed by atoms with van der Waals surface area (Å²) in [7, 11) is 0. The molecule has 20 heavy (non-hydrogen) atoms. The van der Waals surface area contributed by atoms with Gasteiger partial charge in [-0.15, -0.1) is 10.2 Å². The number of hydrogen-bond donors (Lipinski definition) is 1. The summed E-state index contributed by atoms with van der Waals surface area (Å²) in [6.07, 6.45) is 1.97. The molecule has 1 aromatic carbocycles. The first-order valence-electron chi connectivity index (χ1n) is 6.42. The van der Waals surface area contributed by atoms with E-state index in [0.717, 1.165) is 18.4 Å². The average Bonchev–Trinajstić information content (AvgIpc) is 3.18. The molecule has 104 valence electrons. The molecule has 0 atom stereocenters. The smallest absolute Gasteiger partial charge is 0.280 e. The van der Waals surface area contributed by atoms with Gasteiger partial charge in [0, 0.05) is 12.1 Å². The van der Waals surface area contributed by atoms with E-state index >= 15 is 0 Å². The molecular formula is C13H14N4O3. The predicted octanol–water partition coefficient (Wildman–Crippen LogP) is 1.99. The fraction of sp³-hybridized carbons (Fsp3) is 0.385. The molecule has 1 saturated carbocycles. The molecule has 1 aliphatic carbocycles. The molecule has 2 aromatic rings. The first kappa shape index (κ1) is 12.7. The molecule has 0 aliphatic heterocycles. The van der Waals surface area contributed by atoms with Crippen molar-refractivity contribution < 1.29 is 10.0 Å². The lowest BCUT2D eigenvalue weighted by Gasteiger charge is -2.10. The summed E-state index contributed by atoms with van der Waals surface area (Å²) in [5, 5.41) is 28.6. The quantitative estimate of drug-likeness (QED) is 0.679. The maximum Gasteiger partial charge on any atom is 0.280 e. The molecule has 1 N–H and O–H groups in total. The molecule has 1 fully saturated rings. The average molecular weight is 274 g/mol. The molecule has 0 spiro atoms. The van der Waals surface area contributed by atoms with Crippen molar-refractivity contribution in [1.82, 2.24) is 14.8 Å². The van der Waals surface area contributed by atoms with Crippen molar-refractivity contribution in [2.75, 3.05) is 0 Å². The molecule has 1 heterocycles. The molecule has 0 bridgehead atoms. The van der Waals surface area contributed by atoms with Gasteiger partial charge in [0.05, 0.1) is 10.5 Å². The van der Waals surface area contributed by atoms with Gasteiger partial charge in [0.25, 0.3) is 5.69 Å². The second kappa shape index (κ2) is 4.68. The van der Waals surface area contributed by atoms with Crippen molar-refractivity contribution >= 4 is 5.69 Å². The molecule has 1 aliphatic rings. The maximum atomic E-state index is 11.2. The highest BCUT2D eigenvalue weighted by Gasteiger charge is 2.32. The van der Waals surface area contributed by atoms with Gasteiger partial charge in [-0.3, -0.25) is 10.1 Å². The Labute approximate surface area is 115 Å². The highest BCUT2D eigenvalue weighted by Crippen LogP contribution is 2.41. The Morgan fingerprint density at radius 3 is 2.80 bits per heavy atom. The number of aliphatic hydroxyl groups is 1. The van der Waals surface area contributed by atoms with Crippen molar-refractivity contribution in [2.24, 2.45) is 0 Å². The molecule has 1 aromatic heterocycles. The van der Waals surface area contributed by atoms with Crippen molar-refractivity contribution in [2.45, 2.75) is 32.4 Å².